The van der Waals surface area contributed by atoms with E-state index in [0.29, 0.717) is 15.4 Å². The number of thiophene rings is 1. The summed E-state index contributed by atoms with van der Waals surface area (Å²) in [6.45, 7) is 12.3. The van der Waals surface area contributed by atoms with Gasteiger partial charge in [-0.05, 0) is 57.5 Å². The molecule has 0 bridgehead atoms. The van der Waals surface area contributed by atoms with E-state index in [2.05, 4.69) is 16.0 Å². The fourth-order valence-electron chi connectivity index (χ4n) is 2.39. The second-order valence-corrected chi connectivity index (χ2v) is 10.2. The van der Waals surface area contributed by atoms with Gasteiger partial charge < -0.3 is 15.4 Å². The largest absolute Gasteiger partial charge is 0.444 e. The summed E-state index contributed by atoms with van der Waals surface area (Å²) in [6, 6.07) is 5.31. The van der Waals surface area contributed by atoms with Gasteiger partial charge in [0.25, 0.3) is 5.91 Å². The average Bonchev–Trinajstić information content (AvgIpc) is 2.95. The van der Waals surface area contributed by atoms with Crippen LogP contribution < -0.4 is 16.0 Å². The lowest BCUT2D eigenvalue weighted by molar-refractivity contribution is -0.123. The molecule has 0 aliphatic heterocycles. The molecule has 9 heteroatoms. The van der Waals surface area contributed by atoms with Gasteiger partial charge in [-0.15, -0.1) is 11.3 Å². The maximum atomic E-state index is 13.8. The van der Waals surface area contributed by atoms with Crippen LogP contribution in [0.3, 0.4) is 0 Å². The Morgan fingerprint density at radius 1 is 0.935 bits per heavy atom. The highest BCUT2D eigenvalue weighted by Gasteiger charge is 2.24. The molecular weight excluding hydrogens is 421 g/mol. The maximum absolute atomic E-state index is 13.8. The third-order valence-corrected chi connectivity index (χ3v) is 5.06. The molecule has 3 amide bonds. The lowest BCUT2D eigenvalue weighted by atomic mass is 9.96. The number of amides is 3. The van der Waals surface area contributed by atoms with Crippen molar-refractivity contribution >= 4 is 45.6 Å². The van der Waals surface area contributed by atoms with Gasteiger partial charge >= 0.3 is 6.09 Å². The fourth-order valence-corrected chi connectivity index (χ4v) is 3.35. The molecule has 2 rings (SSSR count). The minimum atomic E-state index is -0.728. The number of carbonyl (C=O) groups excluding carboxylic acids is 3. The van der Waals surface area contributed by atoms with Gasteiger partial charge in [-0.1, -0.05) is 20.8 Å². The van der Waals surface area contributed by atoms with Gasteiger partial charge in [0, 0.05) is 5.41 Å². The van der Waals surface area contributed by atoms with Crippen LogP contribution in [0.1, 0.15) is 56.8 Å². The second-order valence-electron chi connectivity index (χ2n) is 9.10. The van der Waals surface area contributed by atoms with E-state index in [4.69, 9.17) is 4.74 Å². The number of anilines is 3. The molecule has 3 N–H and O–H groups in total. The van der Waals surface area contributed by atoms with Crippen LogP contribution in [0, 0.1) is 18.2 Å². The molecule has 1 heterocycles. The normalized spacial score (nSPS) is 11.6. The molecule has 0 fully saturated rings. The molecule has 1 aromatic heterocycles. The van der Waals surface area contributed by atoms with Crippen molar-refractivity contribution in [2.24, 2.45) is 5.41 Å². The van der Waals surface area contributed by atoms with E-state index in [0.717, 1.165) is 17.4 Å². The van der Waals surface area contributed by atoms with E-state index < -0.39 is 28.8 Å². The minimum absolute atomic E-state index is 0.0870. The molecule has 7 nitrogen and oxygen atoms in total. The van der Waals surface area contributed by atoms with Crippen molar-refractivity contribution in [3.63, 3.8) is 0 Å². The van der Waals surface area contributed by atoms with Crippen LogP contribution in [-0.4, -0.2) is 23.5 Å². The number of aryl methyl sites for hydroxylation is 1. The lowest BCUT2D eigenvalue weighted by Crippen LogP contribution is -2.27. The first-order valence-corrected chi connectivity index (χ1v) is 10.5. The van der Waals surface area contributed by atoms with E-state index in [1.807, 2.05) is 0 Å². The van der Waals surface area contributed by atoms with Crippen molar-refractivity contribution in [1.29, 1.82) is 0 Å². The van der Waals surface area contributed by atoms with Crippen LogP contribution in [0.25, 0.3) is 0 Å². The Kier molecular flexibility index (Phi) is 7.10. The van der Waals surface area contributed by atoms with Gasteiger partial charge in [-0.3, -0.25) is 14.9 Å². The molecule has 0 aliphatic rings. The van der Waals surface area contributed by atoms with Gasteiger partial charge in [0.05, 0.1) is 21.3 Å². The highest BCUT2D eigenvalue weighted by Crippen LogP contribution is 2.30. The molecule has 31 heavy (non-hydrogen) atoms. The Labute approximate surface area is 185 Å². The minimum Gasteiger partial charge on any atom is -0.444 e. The van der Waals surface area contributed by atoms with Crippen molar-refractivity contribution in [3.8, 4) is 0 Å². The zero-order chi connectivity index (χ0) is 23.6. The highest BCUT2D eigenvalue weighted by molar-refractivity contribution is 7.18. The van der Waals surface area contributed by atoms with Gasteiger partial charge in [0.2, 0.25) is 5.91 Å². The Balaban J connectivity index is 2.21. The quantitative estimate of drug-likeness (QED) is 0.551. The third-order valence-electron chi connectivity index (χ3n) is 3.91. The Bertz CT molecular complexity index is 1000. The second kappa shape index (κ2) is 9.05. The number of ether oxygens (including phenoxy) is 1. The number of benzene rings is 1. The fraction of sp³-hybridized carbons (Fsp3) is 0.409. The van der Waals surface area contributed by atoms with Crippen LogP contribution in [0.15, 0.2) is 24.3 Å². The van der Waals surface area contributed by atoms with Crippen LogP contribution in [0.4, 0.5) is 25.6 Å². The summed E-state index contributed by atoms with van der Waals surface area (Å²) in [7, 11) is 0. The molecule has 0 atom stereocenters. The van der Waals surface area contributed by atoms with Crippen molar-refractivity contribution in [1.82, 2.24) is 0 Å². The van der Waals surface area contributed by atoms with E-state index in [1.165, 1.54) is 12.1 Å². The molecule has 0 spiro atoms. The first-order valence-electron chi connectivity index (χ1n) is 9.68. The molecule has 0 saturated carbocycles. The van der Waals surface area contributed by atoms with Crippen LogP contribution in [0.2, 0.25) is 0 Å². The smallest absolute Gasteiger partial charge is 0.412 e. The van der Waals surface area contributed by atoms with Crippen molar-refractivity contribution in [2.45, 2.75) is 54.1 Å². The van der Waals surface area contributed by atoms with E-state index in [-0.39, 0.29) is 17.3 Å². The highest BCUT2D eigenvalue weighted by atomic mass is 32.1. The molecular formula is C22H28FN3O4S. The summed E-state index contributed by atoms with van der Waals surface area (Å²) in [4.78, 5) is 37.5. The number of nitrogens with one attached hydrogen (secondary N) is 3. The number of halogens is 1. The van der Waals surface area contributed by atoms with Gasteiger partial charge in [-0.25, -0.2) is 9.18 Å². The summed E-state index contributed by atoms with van der Waals surface area (Å²) >= 11 is 1.11. The van der Waals surface area contributed by atoms with Gasteiger partial charge in [-0.2, -0.15) is 0 Å². The first-order chi connectivity index (χ1) is 14.2. The molecule has 168 valence electrons. The zero-order valence-electron chi connectivity index (χ0n) is 18.7. The SMILES string of the molecule is Cc1cc(NC(=O)C(C)(C)C)sc1C(=O)Nc1cc(F)ccc1NC(=O)OC(C)(C)C. The molecule has 1 aromatic carbocycles. The number of rotatable bonds is 4. The predicted octanol–water partition coefficient (Wildman–Crippen LogP) is 5.78. The van der Waals surface area contributed by atoms with E-state index >= 15 is 0 Å². The van der Waals surface area contributed by atoms with Crippen LogP contribution in [-0.2, 0) is 9.53 Å². The Hall–Kier alpha value is -2.94. The molecule has 2 aromatic rings. The van der Waals surface area contributed by atoms with Crippen molar-refractivity contribution in [3.05, 3.63) is 40.5 Å². The first kappa shape index (κ1) is 24.3. The summed E-state index contributed by atoms with van der Waals surface area (Å²) in [5.41, 5.74) is -0.354. The summed E-state index contributed by atoms with van der Waals surface area (Å²) in [5, 5.41) is 8.47. The average molecular weight is 450 g/mol. The molecule has 0 aliphatic carbocycles. The summed E-state index contributed by atoms with van der Waals surface area (Å²) < 4.78 is 19.0. The lowest BCUT2D eigenvalue weighted by Gasteiger charge is -2.20. The Morgan fingerprint density at radius 2 is 1.58 bits per heavy atom. The maximum Gasteiger partial charge on any atom is 0.412 e. The summed E-state index contributed by atoms with van der Waals surface area (Å²) in [6.07, 6.45) is -0.728. The monoisotopic (exact) mass is 449 g/mol. The molecule has 0 saturated heterocycles. The predicted molar refractivity (Wildman–Crippen MR) is 121 cm³/mol. The van der Waals surface area contributed by atoms with Crippen molar-refractivity contribution < 1.29 is 23.5 Å². The summed E-state index contributed by atoms with van der Waals surface area (Å²) in [5.74, 6) is -1.24. The van der Waals surface area contributed by atoms with E-state index in [9.17, 15) is 18.8 Å². The molecule has 0 unspecified atom stereocenters. The zero-order valence-corrected chi connectivity index (χ0v) is 19.5. The van der Waals surface area contributed by atoms with Crippen LogP contribution in [0.5, 0.6) is 0 Å². The standard InChI is InChI=1S/C22H28FN3O4S/c1-12-10-16(26-19(28)21(2,3)4)31-17(12)18(27)24-15-11-13(23)8-9-14(15)25-20(29)30-22(5,6)7/h8-11H,1-7H3,(H,24,27)(H,25,29)(H,26,28). The van der Waals surface area contributed by atoms with Gasteiger partial charge in [0.15, 0.2) is 0 Å². The number of carbonyl (C=O) groups is 3. The van der Waals surface area contributed by atoms with E-state index in [1.54, 1.807) is 54.5 Å². The number of hydrogen-bond donors (Lipinski definition) is 3. The topological polar surface area (TPSA) is 96.5 Å². The molecule has 0 radical (unpaired) electrons. The van der Waals surface area contributed by atoms with Gasteiger partial charge in [0.1, 0.15) is 11.4 Å². The van der Waals surface area contributed by atoms with Crippen molar-refractivity contribution in [2.75, 3.05) is 16.0 Å². The third kappa shape index (κ3) is 7.06. The van der Waals surface area contributed by atoms with Crippen LogP contribution >= 0.6 is 11.3 Å². The Morgan fingerprint density at radius 3 is 2.16 bits per heavy atom. The number of hydrogen-bond acceptors (Lipinski definition) is 5.